The maximum Gasteiger partial charge on any atom is 1.00 e. The summed E-state index contributed by atoms with van der Waals surface area (Å²) in [7, 11) is 0. The van der Waals surface area contributed by atoms with Crippen LogP contribution in [0, 0.1) is 0 Å². The van der Waals surface area contributed by atoms with Crippen molar-refractivity contribution in [1.82, 2.24) is 0 Å². The molecule has 0 aliphatic rings. The second-order valence-electron chi connectivity index (χ2n) is 2.88. The van der Waals surface area contributed by atoms with Gasteiger partial charge < -0.3 is 29.2 Å². The van der Waals surface area contributed by atoms with Gasteiger partial charge in [0.1, 0.15) is 0 Å². The van der Waals surface area contributed by atoms with Crippen molar-refractivity contribution in [2.24, 2.45) is 0 Å². The minimum atomic E-state index is -0.211. The molecule has 0 fully saturated rings. The molecule has 98 valence electrons. The van der Waals surface area contributed by atoms with Gasteiger partial charge in [-0.05, 0) is 0 Å². The third-order valence-electron chi connectivity index (χ3n) is 1.58. The standard InChI is InChI=1S/C10H21O6.K/c11-1-3-13-5-7-15-9-10-16-8-6-14-4-2-12;/h11H,1-10H2;/q-1;+1. The predicted octanol–water partition coefficient (Wildman–Crippen LogP) is -4.59. The summed E-state index contributed by atoms with van der Waals surface area (Å²) in [5.74, 6) is 0. The van der Waals surface area contributed by atoms with Crippen LogP contribution in [0.4, 0.5) is 0 Å². The molecular formula is C10H21KO6. The van der Waals surface area contributed by atoms with E-state index in [0.29, 0.717) is 46.2 Å². The zero-order valence-electron chi connectivity index (χ0n) is 10.6. The number of hydrogen-bond acceptors (Lipinski definition) is 6. The molecule has 0 aromatic carbocycles. The summed E-state index contributed by atoms with van der Waals surface area (Å²) in [6.45, 7) is 3.31. The van der Waals surface area contributed by atoms with Crippen molar-refractivity contribution in [1.29, 1.82) is 0 Å². The topological polar surface area (TPSA) is 80.2 Å². The number of aliphatic hydroxyl groups is 1. The predicted molar refractivity (Wildman–Crippen MR) is 55.2 cm³/mol. The number of hydrogen-bond donors (Lipinski definition) is 1. The quantitative estimate of drug-likeness (QED) is 0.269. The molecule has 6 nitrogen and oxygen atoms in total. The van der Waals surface area contributed by atoms with Crippen LogP contribution in [0.3, 0.4) is 0 Å². The van der Waals surface area contributed by atoms with Gasteiger partial charge in [-0.25, -0.2) is 0 Å². The minimum absolute atomic E-state index is 0. The first kappa shape index (κ1) is 20.7. The smallest absolute Gasteiger partial charge is 0.853 e. The van der Waals surface area contributed by atoms with Crippen LogP contribution in [0.25, 0.3) is 0 Å². The molecule has 0 aromatic heterocycles. The van der Waals surface area contributed by atoms with Crippen LogP contribution < -0.4 is 56.5 Å². The fourth-order valence-electron chi connectivity index (χ4n) is 0.885. The molecule has 0 unspecified atom stereocenters. The molecule has 17 heavy (non-hydrogen) atoms. The van der Waals surface area contributed by atoms with Gasteiger partial charge in [-0.1, -0.05) is 0 Å². The normalized spacial score (nSPS) is 10.2. The van der Waals surface area contributed by atoms with Crippen LogP contribution in [0.2, 0.25) is 0 Å². The molecule has 0 radical (unpaired) electrons. The molecule has 7 heteroatoms. The van der Waals surface area contributed by atoms with Gasteiger partial charge in [0.15, 0.2) is 0 Å². The molecule has 0 bridgehead atoms. The van der Waals surface area contributed by atoms with E-state index in [1.807, 2.05) is 0 Å². The molecule has 0 heterocycles. The van der Waals surface area contributed by atoms with Crippen molar-refractivity contribution in [3.05, 3.63) is 0 Å². The van der Waals surface area contributed by atoms with E-state index in [1.165, 1.54) is 0 Å². The van der Waals surface area contributed by atoms with Crippen LogP contribution in [0.5, 0.6) is 0 Å². The second-order valence-corrected chi connectivity index (χ2v) is 2.88. The third kappa shape index (κ3) is 19.9. The zero-order chi connectivity index (χ0) is 11.9. The van der Waals surface area contributed by atoms with Crippen LogP contribution in [-0.2, 0) is 18.9 Å². The first-order valence-electron chi connectivity index (χ1n) is 5.41. The Hall–Kier alpha value is 1.40. The Morgan fingerprint density at radius 1 is 0.647 bits per heavy atom. The molecular weight excluding hydrogens is 255 g/mol. The number of aliphatic hydroxyl groups excluding tert-OH is 1. The zero-order valence-corrected chi connectivity index (χ0v) is 13.7. The van der Waals surface area contributed by atoms with Crippen molar-refractivity contribution in [2.75, 3.05) is 66.1 Å². The van der Waals surface area contributed by atoms with Crippen molar-refractivity contribution in [2.45, 2.75) is 0 Å². The fraction of sp³-hybridized carbons (Fsp3) is 1.00. The molecule has 0 atom stereocenters. The maximum absolute atomic E-state index is 10.00. The van der Waals surface area contributed by atoms with Gasteiger partial charge in [0.2, 0.25) is 0 Å². The van der Waals surface area contributed by atoms with E-state index in [9.17, 15) is 5.11 Å². The summed E-state index contributed by atoms with van der Waals surface area (Å²) in [6, 6.07) is 0. The molecule has 0 rings (SSSR count). The van der Waals surface area contributed by atoms with E-state index in [2.05, 4.69) is 0 Å². The molecule has 0 aliphatic carbocycles. The Morgan fingerprint density at radius 3 is 1.35 bits per heavy atom. The van der Waals surface area contributed by atoms with Crippen LogP contribution in [0.1, 0.15) is 0 Å². The van der Waals surface area contributed by atoms with Gasteiger partial charge >= 0.3 is 51.4 Å². The maximum atomic E-state index is 10.00. The van der Waals surface area contributed by atoms with E-state index in [0.717, 1.165) is 0 Å². The summed E-state index contributed by atoms with van der Waals surface area (Å²) in [6.07, 6.45) is 0. The van der Waals surface area contributed by atoms with Crippen molar-refractivity contribution in [3.8, 4) is 0 Å². The molecule has 1 N–H and O–H groups in total. The average Bonchev–Trinajstić information content (AvgIpc) is 2.31. The van der Waals surface area contributed by atoms with Crippen molar-refractivity contribution in [3.63, 3.8) is 0 Å². The summed E-state index contributed by atoms with van der Waals surface area (Å²) < 4.78 is 20.3. The molecule has 0 saturated carbocycles. The third-order valence-corrected chi connectivity index (χ3v) is 1.58. The van der Waals surface area contributed by atoms with Gasteiger partial charge in [0, 0.05) is 6.61 Å². The minimum Gasteiger partial charge on any atom is -0.853 e. The Labute approximate surface area is 145 Å². The first-order valence-corrected chi connectivity index (χ1v) is 5.41. The van der Waals surface area contributed by atoms with Crippen LogP contribution in [-0.4, -0.2) is 71.2 Å². The summed E-state index contributed by atoms with van der Waals surface area (Å²) >= 11 is 0. The summed E-state index contributed by atoms with van der Waals surface area (Å²) in [4.78, 5) is 0. The second kappa shape index (κ2) is 19.7. The Balaban J connectivity index is 0. The summed E-state index contributed by atoms with van der Waals surface area (Å²) in [5, 5.41) is 18.4. The number of ether oxygens (including phenoxy) is 4. The van der Waals surface area contributed by atoms with E-state index in [-0.39, 0.29) is 71.2 Å². The van der Waals surface area contributed by atoms with Gasteiger partial charge in [-0.2, -0.15) is 0 Å². The Bertz CT molecular complexity index is 113. The first-order chi connectivity index (χ1) is 7.91. The van der Waals surface area contributed by atoms with Crippen molar-refractivity contribution < 1.29 is 80.5 Å². The fourth-order valence-corrected chi connectivity index (χ4v) is 0.885. The largest absolute Gasteiger partial charge is 1.00 e. The molecule has 0 aromatic rings. The van der Waals surface area contributed by atoms with E-state index in [4.69, 9.17) is 24.1 Å². The van der Waals surface area contributed by atoms with Gasteiger partial charge in [-0.15, -0.1) is 6.61 Å². The van der Waals surface area contributed by atoms with E-state index in [1.54, 1.807) is 0 Å². The van der Waals surface area contributed by atoms with Crippen LogP contribution >= 0.6 is 0 Å². The number of rotatable bonds is 13. The molecule has 0 amide bonds. The Morgan fingerprint density at radius 2 is 1.00 bits per heavy atom. The molecule has 0 aliphatic heterocycles. The van der Waals surface area contributed by atoms with E-state index >= 15 is 0 Å². The molecule has 0 spiro atoms. The van der Waals surface area contributed by atoms with Gasteiger partial charge in [-0.3, -0.25) is 0 Å². The monoisotopic (exact) mass is 276 g/mol. The molecule has 0 saturated heterocycles. The van der Waals surface area contributed by atoms with Crippen molar-refractivity contribution >= 4 is 0 Å². The van der Waals surface area contributed by atoms with Gasteiger partial charge in [0.25, 0.3) is 0 Å². The average molecular weight is 276 g/mol. The Kier molecular flexibility index (Phi) is 24.0. The van der Waals surface area contributed by atoms with Gasteiger partial charge in [0.05, 0.1) is 52.9 Å². The van der Waals surface area contributed by atoms with Crippen LogP contribution in [0.15, 0.2) is 0 Å². The van der Waals surface area contributed by atoms with E-state index < -0.39 is 0 Å². The SMILES string of the molecule is [K+].[O-]CCOCCOCCOCCOCCO. The summed E-state index contributed by atoms with van der Waals surface area (Å²) in [5.41, 5.74) is 0.